The van der Waals surface area contributed by atoms with Gasteiger partial charge in [0, 0.05) is 12.5 Å². The third-order valence-electron chi connectivity index (χ3n) is 2.74. The number of carboxylic acid groups (broad SMARTS) is 1. The predicted octanol–water partition coefficient (Wildman–Crippen LogP) is 2.15. The molecule has 0 bridgehead atoms. The van der Waals surface area contributed by atoms with Gasteiger partial charge in [-0.3, -0.25) is 9.59 Å². The molecule has 1 aromatic carbocycles. The van der Waals surface area contributed by atoms with Crippen molar-refractivity contribution >= 4 is 17.8 Å². The minimum Gasteiger partial charge on any atom is -0.480 e. The summed E-state index contributed by atoms with van der Waals surface area (Å²) < 4.78 is 4.86. The van der Waals surface area contributed by atoms with E-state index in [0.717, 1.165) is 5.57 Å². The van der Waals surface area contributed by atoms with Gasteiger partial charge in [0.25, 0.3) is 5.91 Å². The first-order valence-electron chi connectivity index (χ1n) is 6.75. The molecule has 0 aliphatic heterocycles. The highest BCUT2D eigenvalue weighted by atomic mass is 16.5. The molecule has 1 aromatic rings. The number of rotatable bonds is 6. The van der Waals surface area contributed by atoms with Crippen molar-refractivity contribution in [1.82, 2.24) is 5.32 Å². The zero-order valence-corrected chi connectivity index (χ0v) is 12.8. The summed E-state index contributed by atoms with van der Waals surface area (Å²) in [4.78, 5) is 34.0. The fourth-order valence-corrected chi connectivity index (χ4v) is 1.66. The van der Waals surface area contributed by atoms with Gasteiger partial charge in [0.15, 0.2) is 0 Å². The first-order chi connectivity index (χ1) is 10.3. The van der Waals surface area contributed by atoms with Gasteiger partial charge in [0.05, 0.1) is 0 Å². The molecule has 0 aromatic heterocycles. The molecule has 0 saturated heterocycles. The number of carbonyl (C=O) groups is 3. The number of carboxylic acids is 1. The second kappa shape index (κ2) is 7.97. The van der Waals surface area contributed by atoms with E-state index in [9.17, 15) is 14.4 Å². The van der Waals surface area contributed by atoms with Crippen molar-refractivity contribution in [3.05, 3.63) is 41.5 Å². The van der Waals surface area contributed by atoms with E-state index in [4.69, 9.17) is 9.84 Å². The molecule has 0 spiro atoms. The molecular weight excluding hydrogens is 286 g/mol. The average Bonchev–Trinajstić information content (AvgIpc) is 2.42. The minimum absolute atomic E-state index is 0.217. The van der Waals surface area contributed by atoms with E-state index in [-0.39, 0.29) is 6.42 Å². The highest BCUT2D eigenvalue weighted by Gasteiger charge is 2.19. The Kier molecular flexibility index (Phi) is 6.31. The molecule has 0 aliphatic rings. The van der Waals surface area contributed by atoms with Crippen LogP contribution in [0.3, 0.4) is 0 Å². The molecule has 1 rings (SSSR count). The van der Waals surface area contributed by atoms with Crippen molar-refractivity contribution in [3.8, 4) is 5.75 Å². The molecule has 22 heavy (non-hydrogen) atoms. The zero-order chi connectivity index (χ0) is 16.7. The number of benzene rings is 1. The molecular formula is C16H19NO5. The van der Waals surface area contributed by atoms with Crippen LogP contribution in [-0.2, 0) is 9.59 Å². The number of ether oxygens (including phenoxy) is 1. The van der Waals surface area contributed by atoms with Crippen molar-refractivity contribution < 1.29 is 24.2 Å². The second-order valence-corrected chi connectivity index (χ2v) is 5.00. The molecule has 0 saturated carbocycles. The molecule has 6 heteroatoms. The number of hydrogen-bond donors (Lipinski definition) is 2. The summed E-state index contributed by atoms with van der Waals surface area (Å²) >= 11 is 0. The average molecular weight is 305 g/mol. The molecule has 118 valence electrons. The van der Waals surface area contributed by atoms with Crippen LogP contribution in [0.1, 0.15) is 37.6 Å². The van der Waals surface area contributed by atoms with E-state index in [0.29, 0.717) is 11.3 Å². The van der Waals surface area contributed by atoms with Crippen LogP contribution < -0.4 is 10.1 Å². The van der Waals surface area contributed by atoms with E-state index in [1.165, 1.54) is 31.2 Å². The fourth-order valence-electron chi connectivity index (χ4n) is 1.66. The fraction of sp³-hybridized carbons (Fsp3) is 0.312. The number of esters is 1. The van der Waals surface area contributed by atoms with E-state index >= 15 is 0 Å². The topological polar surface area (TPSA) is 92.7 Å². The van der Waals surface area contributed by atoms with Gasteiger partial charge in [-0.15, -0.1) is 0 Å². The summed E-state index contributed by atoms with van der Waals surface area (Å²) in [7, 11) is 0. The van der Waals surface area contributed by atoms with Gasteiger partial charge in [-0.25, -0.2) is 4.79 Å². The maximum absolute atomic E-state index is 12.0. The SMILES string of the molecule is CC(=O)Oc1ccc(C(=O)N[C@@H](CC=C(C)C)C(=O)O)cc1. The van der Waals surface area contributed by atoms with E-state index in [1.54, 1.807) is 6.08 Å². The zero-order valence-electron chi connectivity index (χ0n) is 12.8. The molecule has 0 aliphatic carbocycles. The van der Waals surface area contributed by atoms with Gasteiger partial charge in [0.1, 0.15) is 11.8 Å². The standard InChI is InChI=1S/C16H19NO5/c1-10(2)4-9-14(16(20)21)17-15(19)12-5-7-13(8-6-12)22-11(3)18/h4-8,14H,9H2,1-3H3,(H,17,19)(H,20,21)/t14-/m0/s1. The molecule has 0 unspecified atom stereocenters. The van der Waals surface area contributed by atoms with Crippen LogP contribution in [0.2, 0.25) is 0 Å². The Balaban J connectivity index is 2.75. The molecule has 2 N–H and O–H groups in total. The second-order valence-electron chi connectivity index (χ2n) is 5.00. The lowest BCUT2D eigenvalue weighted by atomic mass is 10.1. The number of allylic oxidation sites excluding steroid dienone is 1. The van der Waals surface area contributed by atoms with Crippen LogP contribution in [-0.4, -0.2) is 29.0 Å². The minimum atomic E-state index is -1.10. The van der Waals surface area contributed by atoms with Gasteiger partial charge in [-0.1, -0.05) is 11.6 Å². The number of carbonyl (C=O) groups excluding carboxylic acids is 2. The summed E-state index contributed by atoms with van der Waals surface area (Å²) in [6.07, 6.45) is 1.97. The van der Waals surface area contributed by atoms with Gasteiger partial charge >= 0.3 is 11.9 Å². The first kappa shape index (κ1) is 17.4. The number of amides is 1. The van der Waals surface area contributed by atoms with Crippen molar-refractivity contribution in [2.45, 2.75) is 33.2 Å². The maximum atomic E-state index is 12.0. The predicted molar refractivity (Wildman–Crippen MR) is 80.7 cm³/mol. The Morgan fingerprint density at radius 2 is 1.77 bits per heavy atom. The normalized spacial score (nSPS) is 11.2. The van der Waals surface area contributed by atoms with E-state index in [2.05, 4.69) is 5.32 Å². The monoisotopic (exact) mass is 305 g/mol. The van der Waals surface area contributed by atoms with Crippen LogP contribution >= 0.6 is 0 Å². The van der Waals surface area contributed by atoms with E-state index in [1.807, 2.05) is 13.8 Å². The number of hydrogen-bond acceptors (Lipinski definition) is 4. The van der Waals surface area contributed by atoms with Crippen LogP contribution in [0.25, 0.3) is 0 Å². The van der Waals surface area contributed by atoms with E-state index < -0.39 is 23.9 Å². The largest absolute Gasteiger partial charge is 0.480 e. The van der Waals surface area contributed by atoms with Gasteiger partial charge in [-0.2, -0.15) is 0 Å². The van der Waals surface area contributed by atoms with Crippen molar-refractivity contribution in [2.24, 2.45) is 0 Å². The first-order valence-corrected chi connectivity index (χ1v) is 6.75. The lowest BCUT2D eigenvalue weighted by Gasteiger charge is -2.13. The molecule has 6 nitrogen and oxygen atoms in total. The Morgan fingerprint density at radius 3 is 2.23 bits per heavy atom. The highest BCUT2D eigenvalue weighted by molar-refractivity contribution is 5.96. The Labute approximate surface area is 128 Å². The summed E-state index contributed by atoms with van der Waals surface area (Å²) in [6, 6.07) is 4.89. The lowest BCUT2D eigenvalue weighted by molar-refractivity contribution is -0.139. The molecule has 0 fully saturated rings. The number of aliphatic carboxylic acids is 1. The summed E-state index contributed by atoms with van der Waals surface area (Å²) in [5, 5.41) is 11.6. The van der Waals surface area contributed by atoms with Crippen molar-refractivity contribution in [2.75, 3.05) is 0 Å². The van der Waals surface area contributed by atoms with Gasteiger partial charge in [-0.05, 0) is 44.5 Å². The van der Waals surface area contributed by atoms with Crippen molar-refractivity contribution in [3.63, 3.8) is 0 Å². The van der Waals surface area contributed by atoms with Gasteiger partial charge in [0.2, 0.25) is 0 Å². The van der Waals surface area contributed by atoms with Crippen molar-refractivity contribution in [1.29, 1.82) is 0 Å². The van der Waals surface area contributed by atoms with Crippen LogP contribution in [0, 0.1) is 0 Å². The Hall–Kier alpha value is -2.63. The molecule has 0 radical (unpaired) electrons. The lowest BCUT2D eigenvalue weighted by Crippen LogP contribution is -2.40. The van der Waals surface area contributed by atoms with Crippen LogP contribution in [0.15, 0.2) is 35.9 Å². The summed E-state index contributed by atoms with van der Waals surface area (Å²) in [5.74, 6) is -1.72. The smallest absolute Gasteiger partial charge is 0.326 e. The maximum Gasteiger partial charge on any atom is 0.326 e. The Morgan fingerprint density at radius 1 is 1.18 bits per heavy atom. The van der Waals surface area contributed by atoms with Crippen LogP contribution in [0.5, 0.6) is 5.75 Å². The molecule has 1 atom stereocenters. The summed E-state index contributed by atoms with van der Waals surface area (Å²) in [5.41, 5.74) is 1.27. The van der Waals surface area contributed by atoms with Gasteiger partial charge < -0.3 is 15.2 Å². The quantitative estimate of drug-likeness (QED) is 0.477. The third kappa shape index (κ3) is 5.78. The molecule has 1 amide bonds. The Bertz CT molecular complexity index is 585. The van der Waals surface area contributed by atoms with Crippen LogP contribution in [0.4, 0.5) is 0 Å². The third-order valence-corrected chi connectivity index (χ3v) is 2.74. The highest BCUT2D eigenvalue weighted by Crippen LogP contribution is 2.12. The number of nitrogens with one attached hydrogen (secondary N) is 1. The molecule has 0 heterocycles. The summed E-state index contributed by atoms with van der Waals surface area (Å²) in [6.45, 7) is 4.99.